The summed E-state index contributed by atoms with van der Waals surface area (Å²) in [6.07, 6.45) is 4.88. The maximum absolute atomic E-state index is 11.6. The Kier molecular flexibility index (Phi) is 4.59. The van der Waals surface area contributed by atoms with E-state index in [9.17, 15) is 9.90 Å². The number of para-hydroxylation sites is 1. The number of thiazole rings is 1. The summed E-state index contributed by atoms with van der Waals surface area (Å²) in [6.45, 7) is 4.12. The molecule has 0 spiro atoms. The van der Waals surface area contributed by atoms with Crippen LogP contribution in [0.15, 0.2) is 36.7 Å². The highest BCUT2D eigenvalue weighted by Gasteiger charge is 2.15. The smallest absolute Gasteiger partial charge is 0.325 e. The number of aromatic hydroxyl groups is 1. The third-order valence-electron chi connectivity index (χ3n) is 2.86. The molecule has 0 saturated heterocycles. The standard InChI is InChI=1S/C15H17N3O2S/c1-10(2)13-9-17-15(21-13)18(14(16)20)8-7-11-5-3-4-6-12(11)19/h3-10,19H,1-2H3,(H2,16,20). The molecule has 1 aromatic heterocycles. The highest BCUT2D eigenvalue weighted by Crippen LogP contribution is 2.28. The van der Waals surface area contributed by atoms with Gasteiger partial charge in [-0.15, -0.1) is 11.3 Å². The molecule has 2 aromatic rings. The van der Waals surface area contributed by atoms with Crippen LogP contribution in [-0.2, 0) is 0 Å². The number of aromatic nitrogens is 1. The minimum Gasteiger partial charge on any atom is -0.507 e. The molecule has 3 N–H and O–H groups in total. The van der Waals surface area contributed by atoms with Crippen molar-refractivity contribution in [3.8, 4) is 5.75 Å². The van der Waals surface area contributed by atoms with Gasteiger partial charge < -0.3 is 10.8 Å². The van der Waals surface area contributed by atoms with E-state index in [0.717, 1.165) is 4.88 Å². The average Bonchev–Trinajstić information content (AvgIpc) is 2.90. The lowest BCUT2D eigenvalue weighted by molar-refractivity contribution is 0.256. The number of phenols is 1. The fourth-order valence-electron chi connectivity index (χ4n) is 1.67. The van der Waals surface area contributed by atoms with E-state index < -0.39 is 6.03 Å². The Morgan fingerprint density at radius 3 is 2.71 bits per heavy atom. The first-order valence-electron chi connectivity index (χ1n) is 6.49. The molecule has 110 valence electrons. The number of urea groups is 1. The van der Waals surface area contributed by atoms with Gasteiger partial charge in [0.15, 0.2) is 5.13 Å². The van der Waals surface area contributed by atoms with E-state index in [1.807, 2.05) is 0 Å². The maximum atomic E-state index is 11.6. The molecule has 21 heavy (non-hydrogen) atoms. The lowest BCUT2D eigenvalue weighted by Crippen LogP contribution is -2.30. The van der Waals surface area contributed by atoms with Crippen molar-refractivity contribution in [2.24, 2.45) is 5.73 Å². The van der Waals surface area contributed by atoms with Crippen molar-refractivity contribution in [2.75, 3.05) is 4.90 Å². The molecule has 0 aliphatic carbocycles. The van der Waals surface area contributed by atoms with Crippen molar-refractivity contribution in [2.45, 2.75) is 19.8 Å². The number of amides is 2. The van der Waals surface area contributed by atoms with Crippen molar-refractivity contribution in [3.63, 3.8) is 0 Å². The quantitative estimate of drug-likeness (QED) is 0.906. The Hall–Kier alpha value is -2.34. The molecular formula is C15H17N3O2S. The van der Waals surface area contributed by atoms with Crippen LogP contribution in [0.4, 0.5) is 9.93 Å². The number of hydrogen-bond donors (Lipinski definition) is 2. The second-order valence-corrected chi connectivity index (χ2v) is 5.82. The van der Waals surface area contributed by atoms with Gasteiger partial charge in [-0.25, -0.2) is 14.7 Å². The highest BCUT2D eigenvalue weighted by atomic mass is 32.1. The molecule has 0 aliphatic rings. The first kappa shape index (κ1) is 15.1. The number of phenolic OH excluding ortho intramolecular Hbond substituents is 1. The van der Waals surface area contributed by atoms with Crippen LogP contribution < -0.4 is 10.6 Å². The lowest BCUT2D eigenvalue weighted by Gasteiger charge is -2.11. The van der Waals surface area contributed by atoms with Crippen LogP contribution in [0.25, 0.3) is 6.08 Å². The maximum Gasteiger partial charge on any atom is 0.325 e. The Labute approximate surface area is 127 Å². The van der Waals surface area contributed by atoms with Gasteiger partial charge in [0.05, 0.1) is 0 Å². The Morgan fingerprint density at radius 1 is 1.43 bits per heavy atom. The molecule has 0 aliphatic heterocycles. The number of nitrogens with two attached hydrogens (primary N) is 1. The number of carbonyl (C=O) groups is 1. The van der Waals surface area contributed by atoms with E-state index >= 15 is 0 Å². The van der Waals surface area contributed by atoms with Gasteiger partial charge in [-0.05, 0) is 18.1 Å². The number of nitrogens with zero attached hydrogens (tertiary/aromatic N) is 2. The monoisotopic (exact) mass is 303 g/mol. The lowest BCUT2D eigenvalue weighted by atomic mass is 10.2. The summed E-state index contributed by atoms with van der Waals surface area (Å²) < 4.78 is 0. The predicted octanol–water partition coefficient (Wildman–Crippen LogP) is 3.53. The summed E-state index contributed by atoms with van der Waals surface area (Å²) in [4.78, 5) is 18.2. The van der Waals surface area contributed by atoms with Gasteiger partial charge in [0.25, 0.3) is 0 Å². The van der Waals surface area contributed by atoms with E-state index in [-0.39, 0.29) is 5.75 Å². The summed E-state index contributed by atoms with van der Waals surface area (Å²) in [5, 5.41) is 10.2. The largest absolute Gasteiger partial charge is 0.507 e. The minimum absolute atomic E-state index is 0.139. The summed E-state index contributed by atoms with van der Waals surface area (Å²) in [5.74, 6) is 0.480. The third kappa shape index (κ3) is 3.61. The highest BCUT2D eigenvalue weighted by molar-refractivity contribution is 7.15. The summed E-state index contributed by atoms with van der Waals surface area (Å²) in [6, 6.07) is 6.23. The Balaban J connectivity index is 2.27. The van der Waals surface area contributed by atoms with E-state index in [2.05, 4.69) is 18.8 Å². The zero-order valence-corrected chi connectivity index (χ0v) is 12.7. The van der Waals surface area contributed by atoms with E-state index in [1.165, 1.54) is 22.4 Å². The summed E-state index contributed by atoms with van der Waals surface area (Å²) >= 11 is 1.42. The molecule has 2 rings (SSSR count). The zero-order chi connectivity index (χ0) is 15.4. The SMILES string of the molecule is CC(C)c1cnc(N(C=Cc2ccccc2O)C(N)=O)s1. The van der Waals surface area contributed by atoms with Gasteiger partial charge >= 0.3 is 6.03 Å². The number of anilines is 1. The van der Waals surface area contributed by atoms with Crippen LogP contribution >= 0.6 is 11.3 Å². The minimum atomic E-state index is -0.619. The van der Waals surface area contributed by atoms with E-state index in [4.69, 9.17) is 5.73 Å². The molecule has 5 nitrogen and oxygen atoms in total. The molecule has 0 fully saturated rings. The number of carbonyl (C=O) groups excluding carboxylic acids is 1. The normalized spacial score (nSPS) is 11.2. The molecule has 1 aromatic carbocycles. The van der Waals surface area contributed by atoms with Gasteiger partial charge in [0, 0.05) is 22.8 Å². The van der Waals surface area contributed by atoms with Crippen molar-refractivity contribution in [1.82, 2.24) is 4.98 Å². The number of rotatable bonds is 4. The Bertz CT molecular complexity index is 664. The second-order valence-electron chi connectivity index (χ2n) is 4.78. The van der Waals surface area contributed by atoms with Gasteiger partial charge in [0.1, 0.15) is 5.75 Å². The average molecular weight is 303 g/mol. The zero-order valence-electron chi connectivity index (χ0n) is 11.9. The van der Waals surface area contributed by atoms with Crippen LogP contribution in [0.5, 0.6) is 5.75 Å². The summed E-state index contributed by atoms with van der Waals surface area (Å²) in [5.41, 5.74) is 6.00. The van der Waals surface area contributed by atoms with Crippen LogP contribution in [0.1, 0.15) is 30.2 Å². The molecule has 6 heteroatoms. The first-order chi connectivity index (χ1) is 9.99. The van der Waals surface area contributed by atoms with Gasteiger partial charge in [-0.2, -0.15) is 0 Å². The van der Waals surface area contributed by atoms with Crippen LogP contribution in [-0.4, -0.2) is 16.1 Å². The number of benzene rings is 1. The third-order valence-corrected chi connectivity index (χ3v) is 4.16. The van der Waals surface area contributed by atoms with Crippen molar-refractivity contribution in [1.29, 1.82) is 0 Å². The molecule has 2 amide bonds. The molecule has 0 radical (unpaired) electrons. The first-order valence-corrected chi connectivity index (χ1v) is 7.31. The van der Waals surface area contributed by atoms with Gasteiger partial charge in [-0.1, -0.05) is 32.0 Å². The van der Waals surface area contributed by atoms with E-state index in [0.29, 0.717) is 16.6 Å². The molecule has 0 saturated carbocycles. The fraction of sp³-hybridized carbons (Fsp3) is 0.200. The molecule has 0 atom stereocenters. The number of hydrogen-bond acceptors (Lipinski definition) is 4. The fourth-order valence-corrected chi connectivity index (χ4v) is 2.58. The second kappa shape index (κ2) is 6.41. The van der Waals surface area contributed by atoms with Crippen LogP contribution in [0, 0.1) is 0 Å². The van der Waals surface area contributed by atoms with Crippen LogP contribution in [0.3, 0.4) is 0 Å². The van der Waals surface area contributed by atoms with Crippen LogP contribution in [0.2, 0.25) is 0 Å². The predicted molar refractivity (Wildman–Crippen MR) is 85.4 cm³/mol. The van der Waals surface area contributed by atoms with Crippen molar-refractivity contribution >= 4 is 28.6 Å². The summed E-state index contributed by atoms with van der Waals surface area (Å²) in [7, 11) is 0. The molecule has 1 heterocycles. The van der Waals surface area contributed by atoms with Crippen molar-refractivity contribution in [3.05, 3.63) is 47.1 Å². The topological polar surface area (TPSA) is 79.4 Å². The van der Waals surface area contributed by atoms with Gasteiger partial charge in [0.2, 0.25) is 0 Å². The molecular weight excluding hydrogens is 286 g/mol. The van der Waals surface area contributed by atoms with Gasteiger partial charge in [-0.3, -0.25) is 0 Å². The molecule has 0 unspecified atom stereocenters. The number of primary amides is 1. The molecule has 0 bridgehead atoms. The van der Waals surface area contributed by atoms with Crippen molar-refractivity contribution < 1.29 is 9.90 Å². The Morgan fingerprint density at radius 2 is 2.14 bits per heavy atom. The van der Waals surface area contributed by atoms with E-state index in [1.54, 1.807) is 36.5 Å².